The average molecular weight is 988 g/mol. The van der Waals surface area contributed by atoms with Crippen molar-refractivity contribution in [3.63, 3.8) is 0 Å². The minimum Gasteiger partial charge on any atom is -0.454 e. The molecular weight excluding hydrogens is 939 g/mol. The summed E-state index contributed by atoms with van der Waals surface area (Å²) in [7, 11) is 0. The maximum absolute atomic E-state index is 7.24. The summed E-state index contributed by atoms with van der Waals surface area (Å²) in [5, 5.41) is 8.73. The highest BCUT2D eigenvalue weighted by molar-refractivity contribution is 6.36. The summed E-state index contributed by atoms with van der Waals surface area (Å²) in [6.07, 6.45) is 0. The van der Waals surface area contributed by atoms with Crippen LogP contribution in [0, 0.1) is 0 Å². The number of nitrogens with zero attached hydrogens (tertiary/aromatic N) is 3. The fourth-order valence-electron chi connectivity index (χ4n) is 14.2. The second kappa shape index (κ2) is 15.1. The number of furan rings is 2. The Hall–Kier alpha value is -9.58. The van der Waals surface area contributed by atoms with E-state index < -0.39 is 0 Å². The average Bonchev–Trinajstić information content (AvgIpc) is 4.49. The first-order valence-electron chi connectivity index (χ1n) is 26.8. The quantitative estimate of drug-likeness (QED) is 0.166. The summed E-state index contributed by atoms with van der Waals surface area (Å²) in [6, 6.07) is 82.5. The fraction of sp³-hybridized carbons (Fsp3) is 0.0833. The van der Waals surface area contributed by atoms with Gasteiger partial charge < -0.3 is 23.0 Å². The number of hydrogen-bond donors (Lipinski definition) is 0. The Bertz CT molecular complexity index is 4690. The second-order valence-corrected chi connectivity index (χ2v) is 22.4. The van der Waals surface area contributed by atoms with E-state index in [-0.39, 0.29) is 10.8 Å². The van der Waals surface area contributed by atoms with E-state index in [0.29, 0.717) is 0 Å². The predicted octanol–water partition coefficient (Wildman–Crippen LogP) is 20.2. The third-order valence-corrected chi connectivity index (χ3v) is 17.7. The van der Waals surface area contributed by atoms with Crippen LogP contribution in [-0.2, 0) is 10.8 Å². The topological polar surface area (TPSA) is 37.2 Å². The zero-order chi connectivity index (χ0) is 51.1. The van der Waals surface area contributed by atoms with Crippen LogP contribution in [0.5, 0.6) is 0 Å². The number of rotatable bonds is 6. The minimum atomic E-state index is -0.127. The maximum atomic E-state index is 7.24. The number of fused-ring (bicyclic) bond motifs is 20. The van der Waals surface area contributed by atoms with Gasteiger partial charge in [-0.05, 0) is 117 Å². The highest BCUT2D eigenvalue weighted by atomic mass is 16.3. The van der Waals surface area contributed by atoms with Gasteiger partial charge in [0.05, 0.1) is 16.9 Å². The van der Waals surface area contributed by atoms with E-state index in [1.165, 1.54) is 44.5 Å². The molecule has 2 aliphatic carbocycles. The van der Waals surface area contributed by atoms with Crippen molar-refractivity contribution in [2.75, 3.05) is 9.80 Å². The molecule has 0 bridgehead atoms. The van der Waals surface area contributed by atoms with Crippen LogP contribution < -0.4 is 9.80 Å². The maximum Gasteiger partial charge on any atom is 0.160 e. The van der Waals surface area contributed by atoms with Crippen LogP contribution >= 0.6 is 0 Å². The fourth-order valence-corrected chi connectivity index (χ4v) is 14.2. The number of para-hydroxylation sites is 5. The summed E-state index contributed by atoms with van der Waals surface area (Å²) in [4.78, 5) is 4.96. The van der Waals surface area contributed by atoms with Crippen LogP contribution in [0.15, 0.2) is 233 Å². The van der Waals surface area contributed by atoms with E-state index in [9.17, 15) is 0 Å². The molecule has 17 rings (SSSR count). The van der Waals surface area contributed by atoms with Crippen LogP contribution in [0.3, 0.4) is 0 Å². The van der Waals surface area contributed by atoms with Gasteiger partial charge in [-0.3, -0.25) is 0 Å². The van der Waals surface area contributed by atoms with Crippen molar-refractivity contribution in [3.8, 4) is 22.3 Å². The highest BCUT2D eigenvalue weighted by Gasteiger charge is 2.38. The molecule has 5 nitrogen and oxygen atoms in total. The van der Waals surface area contributed by atoms with Crippen LogP contribution in [0.2, 0.25) is 0 Å². The zero-order valence-corrected chi connectivity index (χ0v) is 43.0. The summed E-state index contributed by atoms with van der Waals surface area (Å²) in [5.41, 5.74) is 23.2. The first-order valence-corrected chi connectivity index (χ1v) is 26.8. The van der Waals surface area contributed by atoms with E-state index in [2.05, 4.69) is 266 Å². The smallest absolute Gasteiger partial charge is 0.160 e. The lowest BCUT2D eigenvalue weighted by Gasteiger charge is -2.28. The van der Waals surface area contributed by atoms with E-state index in [1.54, 1.807) is 0 Å². The van der Waals surface area contributed by atoms with Gasteiger partial charge in [-0.15, -0.1) is 0 Å². The van der Waals surface area contributed by atoms with Crippen molar-refractivity contribution in [2.45, 2.75) is 38.5 Å². The number of aromatic nitrogens is 1. The molecule has 2 aliphatic rings. The summed E-state index contributed by atoms with van der Waals surface area (Å²) in [5.74, 6) is 0. The largest absolute Gasteiger partial charge is 0.454 e. The molecule has 0 spiro atoms. The van der Waals surface area contributed by atoms with Gasteiger partial charge in [0, 0.05) is 76.7 Å². The molecule has 4 heterocycles. The van der Waals surface area contributed by atoms with Gasteiger partial charge in [-0.25, -0.2) is 0 Å². The zero-order valence-electron chi connectivity index (χ0n) is 43.0. The van der Waals surface area contributed by atoms with Crippen LogP contribution in [0.4, 0.5) is 34.1 Å². The van der Waals surface area contributed by atoms with Gasteiger partial charge in [0.15, 0.2) is 11.2 Å². The van der Waals surface area contributed by atoms with Crippen molar-refractivity contribution in [3.05, 3.63) is 247 Å². The Labute approximate surface area is 444 Å². The molecule has 5 heteroatoms. The van der Waals surface area contributed by atoms with Gasteiger partial charge in [0.1, 0.15) is 22.2 Å². The van der Waals surface area contributed by atoms with E-state index in [1.807, 2.05) is 0 Å². The number of hydrogen-bond acceptors (Lipinski definition) is 4. The monoisotopic (exact) mass is 987 g/mol. The lowest BCUT2D eigenvalue weighted by molar-refractivity contribution is 0.660. The molecule has 364 valence electrons. The van der Waals surface area contributed by atoms with E-state index >= 15 is 0 Å². The predicted molar refractivity (Wildman–Crippen MR) is 320 cm³/mol. The third-order valence-electron chi connectivity index (χ3n) is 17.7. The molecule has 0 fully saturated rings. The Morgan fingerprint density at radius 3 is 1.17 bits per heavy atom. The molecule has 0 saturated heterocycles. The standard InChI is InChI=1S/C72H49N3O2/c1-71(2)56-30-15-11-24-46(56)52-38-44(34-36-58(52)71)73(42-20-7-5-8-21-42)60-40-54-48-26-13-17-32-62(48)76-69(54)67-64(60)50-28-19-29-51-65-61(41-55-49-27-14-18-33-63(49)77-70(55)68(65)75(67)66(50)51)74(43-22-9-6-10-23-43)45-35-37-59-53(39-45)47-25-12-16-31-57(47)72(59,3)4/h5-41H,1-4H3. The SMILES string of the molecule is CC1(C)c2ccccc2-c2cc(N(c3ccccc3)c3cc4c5ccccc5oc4c4c3c3cccc5c6c(N(c7ccccc7)c7ccc8c(c7)-c7ccccc7C8(C)C)cc7c8ccccc8oc7c6n4c35)ccc21. The van der Waals surface area contributed by atoms with E-state index in [4.69, 9.17) is 8.83 Å². The second-order valence-electron chi connectivity index (χ2n) is 22.4. The molecule has 77 heavy (non-hydrogen) atoms. The normalized spacial score (nSPS) is 14.2. The third kappa shape index (κ3) is 5.57. The van der Waals surface area contributed by atoms with Crippen LogP contribution in [-0.4, -0.2) is 4.40 Å². The molecule has 0 saturated carbocycles. The summed E-state index contributed by atoms with van der Waals surface area (Å²) < 4.78 is 17.0. The van der Waals surface area contributed by atoms with Crippen LogP contribution in [0.25, 0.3) is 104 Å². The molecule has 0 radical (unpaired) electrons. The summed E-state index contributed by atoms with van der Waals surface area (Å²) >= 11 is 0. The molecule has 0 aliphatic heterocycles. The lowest BCUT2D eigenvalue weighted by atomic mass is 9.82. The Kier molecular flexibility index (Phi) is 8.36. The van der Waals surface area contributed by atoms with Gasteiger partial charge in [0.25, 0.3) is 0 Å². The summed E-state index contributed by atoms with van der Waals surface area (Å²) in [6.45, 7) is 9.41. The first kappa shape index (κ1) is 42.7. The van der Waals surface area contributed by atoms with Gasteiger partial charge in [0.2, 0.25) is 0 Å². The molecule has 4 aromatic heterocycles. The van der Waals surface area contributed by atoms with Crippen molar-refractivity contribution in [1.82, 2.24) is 4.40 Å². The molecule has 0 amide bonds. The van der Waals surface area contributed by atoms with E-state index in [0.717, 1.165) is 116 Å². The Morgan fingerprint density at radius 2 is 0.701 bits per heavy atom. The molecule has 11 aromatic carbocycles. The molecule has 0 unspecified atom stereocenters. The highest BCUT2D eigenvalue weighted by Crippen LogP contribution is 2.57. The van der Waals surface area contributed by atoms with Gasteiger partial charge in [-0.2, -0.15) is 0 Å². The molecule has 0 N–H and O–H groups in total. The molecular formula is C72H49N3O2. The minimum absolute atomic E-state index is 0.127. The van der Waals surface area contributed by atoms with Crippen molar-refractivity contribution in [1.29, 1.82) is 0 Å². The Morgan fingerprint density at radius 1 is 0.312 bits per heavy atom. The first-order chi connectivity index (χ1) is 37.7. The Balaban J connectivity index is 1.03. The molecule has 15 aromatic rings. The van der Waals surface area contributed by atoms with Gasteiger partial charge in [-0.1, -0.05) is 179 Å². The van der Waals surface area contributed by atoms with Gasteiger partial charge >= 0.3 is 0 Å². The van der Waals surface area contributed by atoms with Crippen molar-refractivity contribution in [2.24, 2.45) is 0 Å². The van der Waals surface area contributed by atoms with Crippen LogP contribution in [0.1, 0.15) is 49.9 Å². The number of benzene rings is 11. The lowest BCUT2D eigenvalue weighted by Crippen LogP contribution is -2.15. The molecule has 0 atom stereocenters. The number of anilines is 6. The van der Waals surface area contributed by atoms with Crippen molar-refractivity contribution < 1.29 is 8.83 Å². The van der Waals surface area contributed by atoms with Crippen molar-refractivity contribution >= 4 is 116 Å².